The van der Waals surface area contributed by atoms with Gasteiger partial charge < -0.3 is 4.74 Å². The highest BCUT2D eigenvalue weighted by Crippen LogP contribution is 2.19. The van der Waals surface area contributed by atoms with Gasteiger partial charge in [-0.25, -0.2) is 13.6 Å². The van der Waals surface area contributed by atoms with Crippen LogP contribution in [-0.4, -0.2) is 37.2 Å². The maximum atomic E-state index is 13.2. The van der Waals surface area contributed by atoms with Gasteiger partial charge in [0.1, 0.15) is 5.75 Å². The molecule has 0 aromatic heterocycles. The predicted molar refractivity (Wildman–Crippen MR) is 75.6 cm³/mol. The first-order valence-electron chi connectivity index (χ1n) is 6.15. The summed E-state index contributed by atoms with van der Waals surface area (Å²) in [4.78, 5) is 11.7. The molecule has 0 saturated heterocycles. The van der Waals surface area contributed by atoms with Gasteiger partial charge in [-0.15, -0.1) is 0 Å². The van der Waals surface area contributed by atoms with Crippen LogP contribution in [0.1, 0.15) is 10.4 Å². The normalized spacial score (nSPS) is 12.3. The monoisotopic (exact) mass is 330 g/mol. The highest BCUT2D eigenvalue weighted by molar-refractivity contribution is 7.85. The lowest BCUT2D eigenvalue weighted by Gasteiger charge is -2.14. The number of benzene rings is 2. The summed E-state index contributed by atoms with van der Waals surface area (Å²) in [5.74, 6) is -6.66. The van der Waals surface area contributed by atoms with E-state index in [-0.39, 0.29) is 5.56 Å². The third-order valence-electron chi connectivity index (χ3n) is 2.79. The van der Waals surface area contributed by atoms with Crippen molar-refractivity contribution in [1.29, 1.82) is 0 Å². The van der Waals surface area contributed by atoms with Crippen molar-refractivity contribution in [2.45, 2.75) is 5.92 Å². The van der Waals surface area contributed by atoms with E-state index in [1.165, 1.54) is 12.1 Å². The minimum absolute atomic E-state index is 0.0707. The third kappa shape index (κ3) is 4.47. The van der Waals surface area contributed by atoms with Gasteiger partial charge in [-0.1, -0.05) is 30.3 Å². The number of fused-ring (bicyclic) bond motifs is 1. The quantitative estimate of drug-likeness (QED) is 0.673. The van der Waals surface area contributed by atoms with Crippen LogP contribution in [0.15, 0.2) is 42.5 Å². The Morgan fingerprint density at radius 3 is 2.41 bits per heavy atom. The van der Waals surface area contributed by atoms with Crippen molar-refractivity contribution in [1.82, 2.24) is 0 Å². The Kier molecular flexibility index (Phi) is 4.43. The number of ether oxygens (including phenoxy) is 1. The maximum absolute atomic E-state index is 13.2. The van der Waals surface area contributed by atoms with Gasteiger partial charge >= 0.3 is 5.97 Å². The number of rotatable bonds is 5. The number of carbonyl (C=O) groups excluding carboxylic acids is 1. The lowest BCUT2D eigenvalue weighted by atomic mass is 10.1. The smallest absolute Gasteiger partial charge is 0.338 e. The number of halogens is 2. The van der Waals surface area contributed by atoms with Gasteiger partial charge in [0.15, 0.2) is 6.61 Å². The lowest BCUT2D eigenvalue weighted by Crippen LogP contribution is -2.33. The van der Waals surface area contributed by atoms with Gasteiger partial charge in [0.25, 0.3) is 16.0 Å². The summed E-state index contributed by atoms with van der Waals surface area (Å²) in [6.07, 6.45) is 0. The molecule has 118 valence electrons. The summed E-state index contributed by atoms with van der Waals surface area (Å²) >= 11 is 0. The van der Waals surface area contributed by atoms with Crippen LogP contribution in [0.2, 0.25) is 0 Å². The molecule has 2 aromatic rings. The van der Waals surface area contributed by atoms with E-state index in [2.05, 4.69) is 4.74 Å². The van der Waals surface area contributed by atoms with Crippen molar-refractivity contribution in [2.75, 3.05) is 12.4 Å². The summed E-state index contributed by atoms with van der Waals surface area (Å²) in [6, 6.07) is 11.7. The standard InChI is InChI=1S/C14H12F2O5S/c15-14(16,9-22(18,19)20)8-21-13(17)12-6-5-10-3-1-2-4-11(10)7-12/h1-7H,8-9H2,(H,18,19,20). The summed E-state index contributed by atoms with van der Waals surface area (Å²) in [6.45, 7) is -1.43. The minimum atomic E-state index is -4.86. The first-order chi connectivity index (χ1) is 10.2. The van der Waals surface area contributed by atoms with Crippen molar-refractivity contribution in [3.8, 4) is 0 Å². The Hall–Kier alpha value is -2.06. The summed E-state index contributed by atoms with van der Waals surface area (Å²) < 4.78 is 60.2. The molecule has 0 amide bonds. The molecule has 0 saturated carbocycles. The van der Waals surface area contributed by atoms with E-state index in [0.717, 1.165) is 10.8 Å². The van der Waals surface area contributed by atoms with E-state index < -0.39 is 34.4 Å². The molecule has 8 heteroatoms. The van der Waals surface area contributed by atoms with Gasteiger partial charge in [0.05, 0.1) is 5.56 Å². The molecule has 0 radical (unpaired) electrons. The van der Waals surface area contributed by atoms with Crippen molar-refractivity contribution >= 4 is 26.9 Å². The van der Waals surface area contributed by atoms with Crippen molar-refractivity contribution in [3.05, 3.63) is 48.0 Å². The Morgan fingerprint density at radius 2 is 1.77 bits per heavy atom. The summed E-state index contributed by atoms with van der Waals surface area (Å²) in [5, 5.41) is 1.61. The molecule has 2 rings (SSSR count). The molecule has 2 aromatic carbocycles. The lowest BCUT2D eigenvalue weighted by molar-refractivity contribution is -0.0449. The number of alkyl halides is 2. The molecule has 0 fully saturated rings. The van der Waals surface area contributed by atoms with E-state index in [1.807, 2.05) is 12.1 Å². The molecule has 0 aliphatic carbocycles. The Bertz CT molecular complexity index is 802. The molecule has 0 atom stereocenters. The minimum Gasteiger partial charge on any atom is -0.456 e. The highest BCUT2D eigenvalue weighted by atomic mass is 32.2. The van der Waals surface area contributed by atoms with E-state index >= 15 is 0 Å². The number of hydrogen-bond donors (Lipinski definition) is 1. The molecular weight excluding hydrogens is 318 g/mol. The molecule has 0 bridgehead atoms. The molecule has 0 aliphatic rings. The fourth-order valence-corrected chi connectivity index (χ4v) is 2.50. The molecule has 0 heterocycles. The largest absolute Gasteiger partial charge is 0.456 e. The zero-order valence-electron chi connectivity index (χ0n) is 11.2. The van der Waals surface area contributed by atoms with Gasteiger partial charge in [-0.05, 0) is 22.9 Å². The van der Waals surface area contributed by atoms with Crippen LogP contribution in [0, 0.1) is 0 Å². The van der Waals surface area contributed by atoms with Crippen LogP contribution < -0.4 is 0 Å². The first kappa shape index (κ1) is 16.3. The van der Waals surface area contributed by atoms with Gasteiger partial charge in [-0.2, -0.15) is 8.42 Å². The number of carbonyl (C=O) groups is 1. The molecule has 0 aliphatic heterocycles. The SMILES string of the molecule is O=C(OCC(F)(F)CS(=O)(=O)O)c1ccc2ccccc2c1. The zero-order valence-corrected chi connectivity index (χ0v) is 12.0. The van der Waals surface area contributed by atoms with Crippen LogP contribution >= 0.6 is 0 Å². The second-order valence-corrected chi connectivity index (χ2v) is 6.17. The van der Waals surface area contributed by atoms with E-state index in [4.69, 9.17) is 4.55 Å². The fraction of sp³-hybridized carbons (Fsp3) is 0.214. The van der Waals surface area contributed by atoms with Crippen LogP contribution in [0.5, 0.6) is 0 Å². The van der Waals surface area contributed by atoms with E-state index in [1.54, 1.807) is 18.2 Å². The van der Waals surface area contributed by atoms with Crippen LogP contribution in [0.4, 0.5) is 8.78 Å². The van der Waals surface area contributed by atoms with Crippen LogP contribution in [0.25, 0.3) is 10.8 Å². The second kappa shape index (κ2) is 5.98. The summed E-state index contributed by atoms with van der Waals surface area (Å²) in [5.41, 5.74) is 0.0707. The van der Waals surface area contributed by atoms with Crippen LogP contribution in [0.3, 0.4) is 0 Å². The Labute approximate surface area is 125 Å². The van der Waals surface area contributed by atoms with Gasteiger partial charge in [0, 0.05) is 0 Å². The molecule has 0 spiro atoms. The maximum Gasteiger partial charge on any atom is 0.338 e. The third-order valence-corrected chi connectivity index (χ3v) is 3.58. The van der Waals surface area contributed by atoms with Gasteiger partial charge in [0.2, 0.25) is 0 Å². The predicted octanol–water partition coefficient (Wildman–Crippen LogP) is 2.52. The number of hydrogen-bond acceptors (Lipinski definition) is 4. The Balaban J connectivity index is 2.08. The zero-order chi connectivity index (χ0) is 16.4. The van der Waals surface area contributed by atoms with Gasteiger partial charge in [-0.3, -0.25) is 4.55 Å². The van der Waals surface area contributed by atoms with Crippen LogP contribution in [-0.2, 0) is 14.9 Å². The Morgan fingerprint density at radius 1 is 1.14 bits per heavy atom. The molecule has 22 heavy (non-hydrogen) atoms. The van der Waals surface area contributed by atoms with Crippen molar-refractivity contribution in [3.63, 3.8) is 0 Å². The second-order valence-electron chi connectivity index (χ2n) is 4.72. The molecule has 0 unspecified atom stereocenters. The molecule has 5 nitrogen and oxygen atoms in total. The van der Waals surface area contributed by atoms with E-state index in [9.17, 15) is 22.0 Å². The summed E-state index contributed by atoms with van der Waals surface area (Å²) in [7, 11) is -4.86. The van der Waals surface area contributed by atoms with E-state index in [0.29, 0.717) is 0 Å². The molecular formula is C14H12F2O5S. The van der Waals surface area contributed by atoms with Crippen molar-refractivity contribution < 1.29 is 31.3 Å². The topological polar surface area (TPSA) is 80.7 Å². The number of esters is 1. The average Bonchev–Trinajstić information content (AvgIpc) is 2.42. The highest BCUT2D eigenvalue weighted by Gasteiger charge is 2.36. The van der Waals surface area contributed by atoms with Crippen molar-refractivity contribution in [2.24, 2.45) is 0 Å². The average molecular weight is 330 g/mol. The first-order valence-corrected chi connectivity index (χ1v) is 7.76. The molecule has 1 N–H and O–H groups in total. The fourth-order valence-electron chi connectivity index (χ4n) is 1.88.